The molecule has 0 spiro atoms. The van der Waals surface area contributed by atoms with E-state index in [1.54, 1.807) is 6.92 Å². The Balaban J connectivity index is 2.33. The fourth-order valence-corrected chi connectivity index (χ4v) is 1.88. The monoisotopic (exact) mass is 168 g/mol. The van der Waals surface area contributed by atoms with Crippen molar-refractivity contribution in [3.63, 3.8) is 0 Å². The largest absolute Gasteiger partial charge is 0.300 e. The van der Waals surface area contributed by atoms with Crippen molar-refractivity contribution in [1.82, 2.24) is 0 Å². The second-order valence-corrected chi connectivity index (χ2v) is 3.92. The molecule has 2 heteroatoms. The average molecular weight is 168 g/mol. The van der Waals surface area contributed by atoms with Gasteiger partial charge in [-0.15, -0.1) is 0 Å². The summed E-state index contributed by atoms with van der Waals surface area (Å²) in [5, 5.41) is 0. The first kappa shape index (κ1) is 9.43. The molecule has 1 saturated carbocycles. The Morgan fingerprint density at radius 1 is 1.50 bits per heavy atom. The molecule has 0 saturated heterocycles. The summed E-state index contributed by atoms with van der Waals surface area (Å²) in [6, 6.07) is 0. The van der Waals surface area contributed by atoms with Gasteiger partial charge in [0.05, 0.1) is 0 Å². The molecule has 1 aliphatic carbocycles. The summed E-state index contributed by atoms with van der Waals surface area (Å²) >= 11 is 0. The molecule has 1 rings (SSSR count). The number of carbonyl (C=O) groups excluding carboxylic acids is 2. The van der Waals surface area contributed by atoms with Crippen LogP contribution in [-0.2, 0) is 9.59 Å². The molecule has 0 amide bonds. The minimum absolute atomic E-state index is 0.238. The second kappa shape index (κ2) is 3.83. The zero-order valence-corrected chi connectivity index (χ0v) is 7.80. The Morgan fingerprint density at radius 3 is 2.58 bits per heavy atom. The van der Waals surface area contributed by atoms with Crippen LogP contribution in [0.1, 0.15) is 39.5 Å². The summed E-state index contributed by atoms with van der Waals surface area (Å²) in [4.78, 5) is 21.7. The maximum absolute atomic E-state index is 11.0. The van der Waals surface area contributed by atoms with Crippen molar-refractivity contribution in [1.29, 1.82) is 0 Å². The van der Waals surface area contributed by atoms with Crippen molar-refractivity contribution in [2.24, 2.45) is 11.8 Å². The molecule has 0 bridgehead atoms. The van der Waals surface area contributed by atoms with E-state index >= 15 is 0 Å². The fourth-order valence-electron chi connectivity index (χ4n) is 1.88. The number of hydrogen-bond donors (Lipinski definition) is 0. The molecular formula is C10H16O2. The van der Waals surface area contributed by atoms with E-state index in [0.29, 0.717) is 30.5 Å². The van der Waals surface area contributed by atoms with E-state index in [1.165, 1.54) is 0 Å². The van der Waals surface area contributed by atoms with E-state index in [4.69, 9.17) is 0 Å². The molecule has 1 fully saturated rings. The van der Waals surface area contributed by atoms with Crippen LogP contribution in [0.15, 0.2) is 0 Å². The maximum Gasteiger partial charge on any atom is 0.133 e. The number of rotatable bonds is 3. The highest BCUT2D eigenvalue weighted by molar-refractivity contribution is 5.81. The van der Waals surface area contributed by atoms with Crippen molar-refractivity contribution >= 4 is 11.6 Å². The van der Waals surface area contributed by atoms with Crippen LogP contribution >= 0.6 is 0 Å². The zero-order chi connectivity index (χ0) is 9.14. The SMILES string of the molecule is CC(=O)CC[C@H]1CC(=O)C[C@H]1C. The van der Waals surface area contributed by atoms with Crippen LogP contribution in [0.5, 0.6) is 0 Å². The average Bonchev–Trinajstić information content (AvgIpc) is 2.26. The van der Waals surface area contributed by atoms with Gasteiger partial charge in [-0.3, -0.25) is 4.79 Å². The highest BCUT2D eigenvalue weighted by atomic mass is 16.1. The van der Waals surface area contributed by atoms with E-state index < -0.39 is 0 Å². The maximum atomic E-state index is 11.0. The predicted octanol–water partition coefficient (Wildman–Crippen LogP) is 1.97. The van der Waals surface area contributed by atoms with Crippen molar-refractivity contribution in [2.75, 3.05) is 0 Å². The smallest absolute Gasteiger partial charge is 0.133 e. The number of Topliss-reactive ketones (excluding diaryl/α,β-unsaturated/α-hetero) is 2. The highest BCUT2D eigenvalue weighted by Gasteiger charge is 2.29. The van der Waals surface area contributed by atoms with Crippen LogP contribution in [0.2, 0.25) is 0 Å². The molecule has 0 aromatic rings. The third kappa shape index (κ3) is 2.43. The molecule has 0 unspecified atom stereocenters. The Labute approximate surface area is 73.3 Å². The number of ketones is 2. The van der Waals surface area contributed by atoms with Crippen molar-refractivity contribution < 1.29 is 9.59 Å². The van der Waals surface area contributed by atoms with Crippen molar-refractivity contribution in [3.05, 3.63) is 0 Å². The minimum atomic E-state index is 0.238. The molecule has 0 aromatic carbocycles. The van der Waals surface area contributed by atoms with E-state index in [2.05, 4.69) is 6.92 Å². The Kier molecular flexibility index (Phi) is 3.01. The van der Waals surface area contributed by atoms with Crippen LogP contribution in [0.3, 0.4) is 0 Å². The van der Waals surface area contributed by atoms with Gasteiger partial charge in [0.15, 0.2) is 0 Å². The quantitative estimate of drug-likeness (QED) is 0.645. The first-order valence-electron chi connectivity index (χ1n) is 4.60. The molecule has 68 valence electrons. The van der Waals surface area contributed by atoms with Crippen LogP contribution in [0.25, 0.3) is 0 Å². The van der Waals surface area contributed by atoms with E-state index in [1.807, 2.05) is 0 Å². The van der Waals surface area contributed by atoms with Gasteiger partial charge in [0, 0.05) is 19.3 Å². The molecule has 0 aliphatic heterocycles. The minimum Gasteiger partial charge on any atom is -0.300 e. The lowest BCUT2D eigenvalue weighted by Gasteiger charge is -2.11. The normalized spacial score (nSPS) is 29.3. The van der Waals surface area contributed by atoms with Crippen LogP contribution in [0.4, 0.5) is 0 Å². The summed E-state index contributed by atoms with van der Waals surface area (Å²) in [5.74, 6) is 1.58. The molecule has 0 heterocycles. The number of carbonyl (C=O) groups is 2. The van der Waals surface area contributed by atoms with E-state index in [0.717, 1.165) is 12.8 Å². The second-order valence-electron chi connectivity index (χ2n) is 3.92. The molecule has 2 nitrogen and oxygen atoms in total. The zero-order valence-electron chi connectivity index (χ0n) is 7.80. The molecule has 0 aromatic heterocycles. The highest BCUT2D eigenvalue weighted by Crippen LogP contribution is 2.31. The number of hydrogen-bond acceptors (Lipinski definition) is 2. The van der Waals surface area contributed by atoms with Gasteiger partial charge in [0.1, 0.15) is 11.6 Å². The molecular weight excluding hydrogens is 152 g/mol. The molecule has 1 aliphatic rings. The van der Waals surface area contributed by atoms with Crippen molar-refractivity contribution in [3.8, 4) is 0 Å². The molecule has 0 radical (unpaired) electrons. The lowest BCUT2D eigenvalue weighted by Crippen LogP contribution is -2.05. The molecule has 2 atom stereocenters. The third-order valence-corrected chi connectivity index (χ3v) is 2.71. The standard InChI is InChI=1S/C10H16O2/c1-7-5-10(12)6-9(7)4-3-8(2)11/h7,9H,3-6H2,1-2H3/t7-,9+/m1/s1. The topological polar surface area (TPSA) is 34.1 Å². The molecule has 12 heavy (non-hydrogen) atoms. The van der Waals surface area contributed by atoms with Crippen LogP contribution in [0, 0.1) is 11.8 Å². The lowest BCUT2D eigenvalue weighted by atomic mass is 9.92. The van der Waals surface area contributed by atoms with Gasteiger partial charge in [0.2, 0.25) is 0 Å². The first-order valence-corrected chi connectivity index (χ1v) is 4.60. The van der Waals surface area contributed by atoms with Gasteiger partial charge in [-0.05, 0) is 25.2 Å². The summed E-state index contributed by atoms with van der Waals surface area (Å²) in [7, 11) is 0. The van der Waals surface area contributed by atoms with Gasteiger partial charge >= 0.3 is 0 Å². The van der Waals surface area contributed by atoms with Crippen LogP contribution < -0.4 is 0 Å². The van der Waals surface area contributed by atoms with Crippen LogP contribution in [-0.4, -0.2) is 11.6 Å². The Morgan fingerprint density at radius 2 is 2.17 bits per heavy atom. The molecule has 0 N–H and O–H groups in total. The summed E-state index contributed by atoms with van der Waals surface area (Å²) in [6.07, 6.45) is 2.97. The fraction of sp³-hybridized carbons (Fsp3) is 0.800. The predicted molar refractivity (Wildman–Crippen MR) is 46.8 cm³/mol. The lowest BCUT2D eigenvalue weighted by molar-refractivity contribution is -0.119. The first-order chi connectivity index (χ1) is 5.59. The Hall–Kier alpha value is -0.660. The third-order valence-electron chi connectivity index (χ3n) is 2.71. The summed E-state index contributed by atoms with van der Waals surface area (Å²) < 4.78 is 0. The van der Waals surface area contributed by atoms with E-state index in [-0.39, 0.29) is 5.78 Å². The Bertz CT molecular complexity index is 196. The van der Waals surface area contributed by atoms with Gasteiger partial charge < -0.3 is 4.79 Å². The van der Waals surface area contributed by atoms with Gasteiger partial charge in [0.25, 0.3) is 0 Å². The van der Waals surface area contributed by atoms with Gasteiger partial charge in [-0.25, -0.2) is 0 Å². The van der Waals surface area contributed by atoms with Crippen molar-refractivity contribution in [2.45, 2.75) is 39.5 Å². The van der Waals surface area contributed by atoms with Gasteiger partial charge in [-0.1, -0.05) is 6.92 Å². The van der Waals surface area contributed by atoms with E-state index in [9.17, 15) is 9.59 Å². The summed E-state index contributed by atoms with van der Waals surface area (Å²) in [5.41, 5.74) is 0. The van der Waals surface area contributed by atoms with Gasteiger partial charge in [-0.2, -0.15) is 0 Å². The summed E-state index contributed by atoms with van der Waals surface area (Å²) in [6.45, 7) is 3.72.